The highest BCUT2D eigenvalue weighted by molar-refractivity contribution is 6.31. The monoisotopic (exact) mass is 449 g/mol. The molecule has 0 bridgehead atoms. The Morgan fingerprint density at radius 2 is 1.87 bits per heavy atom. The van der Waals surface area contributed by atoms with Gasteiger partial charge in [-0.05, 0) is 48.9 Å². The number of primary amides is 1. The summed E-state index contributed by atoms with van der Waals surface area (Å²) in [6.45, 7) is 0.867. The summed E-state index contributed by atoms with van der Waals surface area (Å²) >= 11 is 6.28. The van der Waals surface area contributed by atoms with Gasteiger partial charge in [-0.1, -0.05) is 11.6 Å². The van der Waals surface area contributed by atoms with Gasteiger partial charge in [0.2, 0.25) is 5.91 Å². The second-order valence-electron chi connectivity index (χ2n) is 6.95. The summed E-state index contributed by atoms with van der Waals surface area (Å²) in [4.78, 5) is 38.0. The second-order valence-corrected chi connectivity index (χ2v) is 7.36. The van der Waals surface area contributed by atoms with Crippen LogP contribution < -0.4 is 15.2 Å². The fourth-order valence-electron chi connectivity index (χ4n) is 3.32. The predicted molar refractivity (Wildman–Crippen MR) is 110 cm³/mol. The highest BCUT2D eigenvalue weighted by atomic mass is 35.5. The van der Waals surface area contributed by atoms with Crippen molar-refractivity contribution in [2.45, 2.75) is 19.6 Å². The summed E-state index contributed by atoms with van der Waals surface area (Å²) in [5, 5.41) is 0.127. The fourth-order valence-corrected chi connectivity index (χ4v) is 3.59. The molecule has 164 valence electrons. The Bertz CT molecular complexity index is 1010. The van der Waals surface area contributed by atoms with E-state index in [9.17, 15) is 18.8 Å². The van der Waals surface area contributed by atoms with Gasteiger partial charge in [-0.25, -0.2) is 9.18 Å². The molecule has 0 aromatic heterocycles. The number of nitrogens with zero attached hydrogens (tertiary/aromatic N) is 2. The first-order chi connectivity index (χ1) is 14.7. The first-order valence-corrected chi connectivity index (χ1v) is 9.73. The number of urea groups is 1. The highest BCUT2D eigenvalue weighted by Crippen LogP contribution is 2.33. The van der Waals surface area contributed by atoms with Crippen LogP contribution in [0.15, 0.2) is 36.4 Å². The molecule has 3 rings (SSSR count). The minimum absolute atomic E-state index is 0.00604. The first-order valence-electron chi connectivity index (χ1n) is 9.35. The molecule has 1 saturated heterocycles. The van der Waals surface area contributed by atoms with Crippen molar-refractivity contribution >= 4 is 29.4 Å². The standard InChI is InChI=1S/C21H21ClFN3O5/c1-12(25-10-20(28)26(21(25)29)9-19(24)27)16-7-13(23)8-18(22)17(16)11-31-15-5-3-14(30-2)4-6-15/h3-8,12H,9-11H2,1-2H3,(H2,24,27)/t12-/m0/s1. The average Bonchev–Trinajstić information content (AvgIpc) is 3.00. The number of rotatable bonds is 8. The van der Waals surface area contributed by atoms with E-state index in [4.69, 9.17) is 26.8 Å². The number of ether oxygens (including phenoxy) is 2. The number of methoxy groups -OCH3 is 1. The van der Waals surface area contributed by atoms with Gasteiger partial charge in [0.1, 0.15) is 37.0 Å². The molecule has 1 heterocycles. The maximum Gasteiger partial charge on any atom is 0.328 e. The van der Waals surface area contributed by atoms with Gasteiger partial charge in [0, 0.05) is 5.56 Å². The topological polar surface area (TPSA) is 102 Å². The average molecular weight is 450 g/mol. The lowest BCUT2D eigenvalue weighted by Crippen LogP contribution is -2.40. The number of hydrogen-bond acceptors (Lipinski definition) is 5. The van der Waals surface area contributed by atoms with E-state index in [0.717, 1.165) is 11.0 Å². The number of amides is 4. The van der Waals surface area contributed by atoms with E-state index < -0.39 is 36.2 Å². The molecule has 1 aliphatic rings. The van der Waals surface area contributed by atoms with E-state index in [1.165, 1.54) is 11.0 Å². The molecule has 4 amide bonds. The summed E-state index contributed by atoms with van der Waals surface area (Å²) in [6, 6.07) is 7.89. The van der Waals surface area contributed by atoms with E-state index in [0.29, 0.717) is 22.6 Å². The van der Waals surface area contributed by atoms with Crippen molar-refractivity contribution in [2.75, 3.05) is 20.2 Å². The molecule has 2 N–H and O–H groups in total. The normalized spacial score (nSPS) is 14.7. The van der Waals surface area contributed by atoms with Crippen LogP contribution >= 0.6 is 11.6 Å². The summed E-state index contributed by atoms with van der Waals surface area (Å²) < 4.78 is 25.0. The van der Waals surface area contributed by atoms with Crippen molar-refractivity contribution in [3.63, 3.8) is 0 Å². The van der Waals surface area contributed by atoms with Crippen molar-refractivity contribution in [1.82, 2.24) is 9.80 Å². The molecular weight excluding hydrogens is 429 g/mol. The minimum Gasteiger partial charge on any atom is -0.497 e. The lowest BCUT2D eigenvalue weighted by molar-refractivity contribution is -0.129. The summed E-state index contributed by atoms with van der Waals surface area (Å²) in [5.74, 6) is -0.751. The Balaban J connectivity index is 1.85. The summed E-state index contributed by atoms with van der Waals surface area (Å²) in [6.07, 6.45) is 0. The van der Waals surface area contributed by atoms with E-state index in [-0.39, 0.29) is 18.2 Å². The Kier molecular flexibility index (Phi) is 6.65. The van der Waals surface area contributed by atoms with Crippen LogP contribution in [0, 0.1) is 5.82 Å². The highest BCUT2D eigenvalue weighted by Gasteiger charge is 2.40. The van der Waals surface area contributed by atoms with Gasteiger partial charge in [0.15, 0.2) is 0 Å². The lowest BCUT2D eigenvalue weighted by Gasteiger charge is -2.26. The molecule has 10 heteroatoms. The molecule has 0 saturated carbocycles. The zero-order chi connectivity index (χ0) is 22.7. The van der Waals surface area contributed by atoms with Crippen molar-refractivity contribution in [2.24, 2.45) is 5.73 Å². The molecule has 0 radical (unpaired) electrons. The third kappa shape index (κ3) is 4.88. The van der Waals surface area contributed by atoms with Crippen LogP contribution in [0.5, 0.6) is 11.5 Å². The van der Waals surface area contributed by atoms with E-state index in [1.807, 2.05) is 0 Å². The van der Waals surface area contributed by atoms with Crippen molar-refractivity contribution in [1.29, 1.82) is 0 Å². The Morgan fingerprint density at radius 1 is 1.23 bits per heavy atom. The molecule has 0 spiro atoms. The van der Waals surface area contributed by atoms with E-state index in [2.05, 4.69) is 0 Å². The third-order valence-electron chi connectivity index (χ3n) is 4.95. The fraction of sp³-hybridized carbons (Fsp3) is 0.286. The number of benzene rings is 2. The van der Waals surface area contributed by atoms with Crippen molar-refractivity contribution < 1.29 is 28.2 Å². The van der Waals surface area contributed by atoms with Gasteiger partial charge in [0.05, 0.1) is 18.2 Å². The molecule has 1 aliphatic heterocycles. The van der Waals surface area contributed by atoms with Crippen LogP contribution in [0.2, 0.25) is 5.02 Å². The van der Waals surface area contributed by atoms with Gasteiger partial charge in [-0.2, -0.15) is 0 Å². The SMILES string of the molecule is COc1ccc(OCc2c(Cl)cc(F)cc2[C@H](C)N2CC(=O)N(CC(N)=O)C2=O)cc1. The van der Waals surface area contributed by atoms with Crippen LogP contribution in [-0.2, 0) is 16.2 Å². The largest absolute Gasteiger partial charge is 0.497 e. The number of carbonyl (C=O) groups excluding carboxylic acids is 3. The number of imide groups is 1. The van der Waals surface area contributed by atoms with Crippen LogP contribution in [0.1, 0.15) is 24.1 Å². The summed E-state index contributed by atoms with van der Waals surface area (Å²) in [7, 11) is 1.55. The molecule has 2 aromatic carbocycles. The van der Waals surface area contributed by atoms with Gasteiger partial charge in [0.25, 0.3) is 5.91 Å². The molecule has 1 fully saturated rings. The van der Waals surface area contributed by atoms with Gasteiger partial charge < -0.3 is 20.1 Å². The van der Waals surface area contributed by atoms with Gasteiger partial charge >= 0.3 is 6.03 Å². The molecular formula is C21H21ClFN3O5. The number of nitrogens with two attached hydrogens (primary N) is 1. The molecule has 8 nitrogen and oxygen atoms in total. The number of halogens is 2. The van der Waals surface area contributed by atoms with Crippen LogP contribution in [0.25, 0.3) is 0 Å². The molecule has 2 aromatic rings. The Labute approximate surface area is 183 Å². The van der Waals surface area contributed by atoms with E-state index >= 15 is 0 Å². The Morgan fingerprint density at radius 3 is 2.48 bits per heavy atom. The second kappa shape index (κ2) is 9.22. The van der Waals surface area contributed by atoms with Crippen LogP contribution in [0.4, 0.5) is 9.18 Å². The molecule has 31 heavy (non-hydrogen) atoms. The quantitative estimate of drug-likeness (QED) is 0.624. The van der Waals surface area contributed by atoms with Crippen molar-refractivity contribution in [3.05, 3.63) is 58.4 Å². The summed E-state index contributed by atoms with van der Waals surface area (Å²) in [5.41, 5.74) is 5.97. The maximum atomic E-state index is 14.1. The molecule has 0 unspecified atom stereocenters. The molecule has 0 aliphatic carbocycles. The van der Waals surface area contributed by atoms with Crippen LogP contribution in [-0.4, -0.2) is 47.8 Å². The van der Waals surface area contributed by atoms with E-state index in [1.54, 1.807) is 38.3 Å². The minimum atomic E-state index is -0.807. The van der Waals surface area contributed by atoms with Gasteiger partial charge in [-0.15, -0.1) is 0 Å². The van der Waals surface area contributed by atoms with Gasteiger partial charge in [-0.3, -0.25) is 14.5 Å². The number of carbonyl (C=O) groups is 3. The zero-order valence-corrected chi connectivity index (χ0v) is 17.7. The maximum absolute atomic E-state index is 14.1. The third-order valence-corrected chi connectivity index (χ3v) is 5.29. The molecule has 1 atom stereocenters. The lowest BCUT2D eigenvalue weighted by atomic mass is 10.0. The van der Waals surface area contributed by atoms with Crippen molar-refractivity contribution in [3.8, 4) is 11.5 Å². The zero-order valence-electron chi connectivity index (χ0n) is 16.9. The smallest absolute Gasteiger partial charge is 0.328 e. The first kappa shape index (κ1) is 22.4. The van der Waals surface area contributed by atoms with Crippen LogP contribution in [0.3, 0.4) is 0 Å². The number of hydrogen-bond donors (Lipinski definition) is 1. The Hall–Kier alpha value is -3.33. The predicted octanol–water partition coefficient (Wildman–Crippen LogP) is 2.88.